The van der Waals surface area contributed by atoms with Gasteiger partial charge in [0.05, 0.1) is 19.8 Å². The molecule has 3 rings (SSSR count). The van der Waals surface area contributed by atoms with E-state index in [1.807, 2.05) is 43.3 Å². The smallest absolute Gasteiger partial charge is 0.372 e. The minimum atomic E-state index is -0.243. The van der Waals surface area contributed by atoms with Crippen molar-refractivity contribution in [1.82, 2.24) is 0 Å². The highest BCUT2D eigenvalue weighted by Gasteiger charge is 2.40. The first-order chi connectivity index (χ1) is 11.6. The lowest BCUT2D eigenvalue weighted by Crippen LogP contribution is -3.07. The fourth-order valence-corrected chi connectivity index (χ4v) is 2.97. The van der Waals surface area contributed by atoms with Crippen LogP contribution in [0.3, 0.4) is 0 Å². The van der Waals surface area contributed by atoms with Crippen LogP contribution in [0.15, 0.2) is 41.6 Å². The molecule has 0 aromatic heterocycles. The van der Waals surface area contributed by atoms with Crippen LogP contribution in [-0.4, -0.2) is 31.0 Å². The third-order valence-corrected chi connectivity index (χ3v) is 4.17. The van der Waals surface area contributed by atoms with Gasteiger partial charge in [-0.15, -0.1) is 0 Å². The Bertz CT molecular complexity index is 830. The standard InChI is InChI=1S/C18H18N2O4/c1-11-4-6-14-13(8-11)17(19-22)18(21)20(14)10-12-5-7-15(23-2)16(9-12)24-3/h4-9,22H,10H2,1-3H3/p+1. The van der Waals surface area contributed by atoms with Crippen LogP contribution < -0.4 is 14.4 Å². The van der Waals surface area contributed by atoms with E-state index in [1.165, 1.54) is 0 Å². The predicted molar refractivity (Wildman–Crippen MR) is 88.4 cm³/mol. The second kappa shape index (κ2) is 6.33. The van der Waals surface area contributed by atoms with Crippen molar-refractivity contribution in [1.29, 1.82) is 0 Å². The van der Waals surface area contributed by atoms with Gasteiger partial charge in [0.25, 0.3) is 0 Å². The minimum absolute atomic E-state index is 0.101. The van der Waals surface area contributed by atoms with Gasteiger partial charge in [-0.2, -0.15) is 0 Å². The average molecular weight is 327 g/mol. The fraction of sp³-hybridized carbons (Fsp3) is 0.222. The Kier molecular flexibility index (Phi) is 4.22. The molecule has 6 nitrogen and oxygen atoms in total. The van der Waals surface area contributed by atoms with Crippen LogP contribution in [0, 0.1) is 6.92 Å². The summed E-state index contributed by atoms with van der Waals surface area (Å²) in [6, 6.07) is 11.3. The second-order valence-corrected chi connectivity index (χ2v) is 5.67. The number of carbonyl (C=O) groups excluding carboxylic acids is 1. The number of aryl methyl sites for hydroxylation is 1. The van der Waals surface area contributed by atoms with Crippen LogP contribution in [0.4, 0.5) is 5.69 Å². The van der Waals surface area contributed by atoms with E-state index in [-0.39, 0.29) is 11.6 Å². The van der Waals surface area contributed by atoms with Gasteiger partial charge in [-0.25, -0.2) is 9.69 Å². The molecule has 2 N–H and O–H groups in total. The summed E-state index contributed by atoms with van der Waals surface area (Å²) >= 11 is 0. The number of ether oxygens (including phenoxy) is 2. The maximum Gasteiger partial charge on any atom is 0.372 e. The Morgan fingerprint density at radius 2 is 1.83 bits per heavy atom. The Morgan fingerprint density at radius 3 is 2.50 bits per heavy atom. The molecule has 6 heteroatoms. The van der Waals surface area contributed by atoms with E-state index in [4.69, 9.17) is 9.47 Å². The maximum atomic E-state index is 12.6. The molecule has 0 bridgehead atoms. The number of hydrogen-bond acceptors (Lipinski definition) is 5. The zero-order valence-corrected chi connectivity index (χ0v) is 13.8. The molecule has 1 aliphatic rings. The van der Waals surface area contributed by atoms with Gasteiger partial charge in [0.2, 0.25) is 5.71 Å². The van der Waals surface area contributed by atoms with Crippen molar-refractivity contribution in [2.24, 2.45) is 5.16 Å². The maximum absolute atomic E-state index is 12.6. The van der Waals surface area contributed by atoms with Gasteiger partial charge in [0, 0.05) is 11.6 Å². The lowest BCUT2D eigenvalue weighted by molar-refractivity contribution is -0.757. The van der Waals surface area contributed by atoms with Crippen molar-refractivity contribution < 1.29 is 24.4 Å². The zero-order valence-electron chi connectivity index (χ0n) is 13.8. The predicted octanol–water partition coefficient (Wildman–Crippen LogP) is 1.45. The number of quaternary nitrogens is 1. The average Bonchev–Trinajstić information content (AvgIpc) is 2.85. The van der Waals surface area contributed by atoms with Crippen LogP contribution in [0.2, 0.25) is 0 Å². The molecule has 124 valence electrons. The molecule has 0 saturated heterocycles. The SMILES string of the molecule is COc1ccc(C[NH+]2C(=O)C(=NO)c3cc(C)ccc32)cc1OC. The first kappa shape index (κ1) is 16.0. The van der Waals surface area contributed by atoms with Gasteiger partial charge in [0.1, 0.15) is 12.2 Å². The summed E-state index contributed by atoms with van der Waals surface area (Å²) in [5.74, 6) is 1.01. The summed E-state index contributed by atoms with van der Waals surface area (Å²) in [4.78, 5) is 13.2. The Balaban J connectivity index is 1.98. The van der Waals surface area contributed by atoms with E-state index >= 15 is 0 Å². The third-order valence-electron chi connectivity index (χ3n) is 4.17. The fourth-order valence-electron chi connectivity index (χ4n) is 2.97. The number of fused-ring (bicyclic) bond motifs is 1. The van der Waals surface area contributed by atoms with Gasteiger partial charge in [-0.1, -0.05) is 11.2 Å². The van der Waals surface area contributed by atoms with Crippen LogP contribution >= 0.6 is 0 Å². The van der Waals surface area contributed by atoms with Crippen LogP contribution in [-0.2, 0) is 11.3 Å². The quantitative estimate of drug-likeness (QED) is 0.658. The number of benzene rings is 2. The number of carbonyl (C=O) groups is 1. The molecule has 0 radical (unpaired) electrons. The first-order valence-corrected chi connectivity index (χ1v) is 7.54. The molecule has 1 unspecified atom stereocenters. The van der Waals surface area contributed by atoms with Crippen molar-refractivity contribution >= 4 is 17.3 Å². The van der Waals surface area contributed by atoms with Gasteiger partial charge < -0.3 is 14.7 Å². The number of methoxy groups -OCH3 is 2. The molecular weight excluding hydrogens is 308 g/mol. The number of oxime groups is 1. The summed E-state index contributed by atoms with van der Waals surface area (Å²) in [6.45, 7) is 2.36. The summed E-state index contributed by atoms with van der Waals surface area (Å²) in [7, 11) is 3.15. The lowest BCUT2D eigenvalue weighted by atomic mass is 10.1. The van der Waals surface area contributed by atoms with E-state index in [0.717, 1.165) is 16.8 Å². The topological polar surface area (TPSA) is 72.6 Å². The summed E-state index contributed by atoms with van der Waals surface area (Å²) < 4.78 is 10.5. The monoisotopic (exact) mass is 327 g/mol. The van der Waals surface area contributed by atoms with E-state index in [0.29, 0.717) is 28.5 Å². The minimum Gasteiger partial charge on any atom is -0.493 e. The number of nitrogens with zero attached hydrogens (tertiary/aromatic N) is 1. The number of amides is 1. The number of hydrogen-bond donors (Lipinski definition) is 2. The van der Waals surface area contributed by atoms with Gasteiger partial charge in [-0.3, -0.25) is 0 Å². The molecule has 24 heavy (non-hydrogen) atoms. The molecule has 1 atom stereocenters. The van der Waals surface area contributed by atoms with Crippen molar-refractivity contribution in [2.75, 3.05) is 14.2 Å². The number of rotatable bonds is 4. The highest BCUT2D eigenvalue weighted by Crippen LogP contribution is 2.28. The van der Waals surface area contributed by atoms with E-state index in [9.17, 15) is 10.0 Å². The molecular formula is C18H19N2O4+. The van der Waals surface area contributed by atoms with Gasteiger partial charge >= 0.3 is 5.91 Å². The third kappa shape index (κ3) is 2.61. The summed E-state index contributed by atoms with van der Waals surface area (Å²) in [5.41, 5.74) is 3.52. The van der Waals surface area contributed by atoms with Crippen LogP contribution in [0.1, 0.15) is 16.7 Å². The molecule has 2 aromatic rings. The molecule has 0 saturated carbocycles. The lowest BCUT2D eigenvalue weighted by Gasteiger charge is -2.13. The molecule has 0 spiro atoms. The highest BCUT2D eigenvalue weighted by molar-refractivity contribution is 6.45. The zero-order chi connectivity index (χ0) is 17.3. The number of nitrogens with one attached hydrogen (secondary N) is 1. The molecule has 2 aromatic carbocycles. The molecule has 1 heterocycles. The van der Waals surface area contributed by atoms with Crippen molar-refractivity contribution in [3.63, 3.8) is 0 Å². The molecule has 1 aliphatic heterocycles. The van der Waals surface area contributed by atoms with Crippen LogP contribution in [0.5, 0.6) is 11.5 Å². The van der Waals surface area contributed by atoms with E-state index in [1.54, 1.807) is 14.2 Å². The van der Waals surface area contributed by atoms with E-state index < -0.39 is 0 Å². The molecule has 0 fully saturated rings. The summed E-state index contributed by atoms with van der Waals surface area (Å²) in [5, 5.41) is 12.4. The van der Waals surface area contributed by atoms with Crippen molar-refractivity contribution in [3.8, 4) is 11.5 Å². The Hall–Kier alpha value is -2.86. The van der Waals surface area contributed by atoms with Crippen molar-refractivity contribution in [2.45, 2.75) is 13.5 Å². The van der Waals surface area contributed by atoms with E-state index in [2.05, 4.69) is 5.16 Å². The van der Waals surface area contributed by atoms with Crippen LogP contribution in [0.25, 0.3) is 0 Å². The van der Waals surface area contributed by atoms with Gasteiger partial charge in [-0.05, 0) is 36.8 Å². The Labute approximate surface area is 139 Å². The summed E-state index contributed by atoms with van der Waals surface area (Å²) in [6.07, 6.45) is 0. The molecule has 0 aliphatic carbocycles. The second-order valence-electron chi connectivity index (χ2n) is 5.67. The van der Waals surface area contributed by atoms with Crippen molar-refractivity contribution in [3.05, 3.63) is 53.1 Å². The molecule has 1 amide bonds. The normalized spacial score (nSPS) is 17.9. The van der Waals surface area contributed by atoms with Gasteiger partial charge in [0.15, 0.2) is 11.5 Å². The first-order valence-electron chi connectivity index (χ1n) is 7.54. The largest absolute Gasteiger partial charge is 0.493 e. The Morgan fingerprint density at radius 1 is 1.08 bits per heavy atom. The highest BCUT2D eigenvalue weighted by atomic mass is 16.5.